The van der Waals surface area contributed by atoms with Gasteiger partial charge >= 0.3 is 0 Å². The fourth-order valence-electron chi connectivity index (χ4n) is 3.73. The summed E-state index contributed by atoms with van der Waals surface area (Å²) in [5.41, 5.74) is 0.584. The molecule has 0 atom stereocenters. The number of fused-ring (bicyclic) bond motifs is 1. The zero-order chi connectivity index (χ0) is 26.7. The maximum absolute atomic E-state index is 13.2. The van der Waals surface area contributed by atoms with Crippen LogP contribution in [0.3, 0.4) is 0 Å². The Labute approximate surface area is 218 Å². The average molecular weight is 542 g/mol. The van der Waals surface area contributed by atoms with Crippen LogP contribution in [0.1, 0.15) is 20.3 Å². The Morgan fingerprint density at radius 1 is 1.08 bits per heavy atom. The van der Waals surface area contributed by atoms with Crippen LogP contribution in [0.25, 0.3) is 10.9 Å². The number of halogens is 1. The van der Waals surface area contributed by atoms with E-state index in [1.165, 1.54) is 30.3 Å². The third-order valence-electron chi connectivity index (χ3n) is 5.65. The predicted octanol–water partition coefficient (Wildman–Crippen LogP) is 7.17. The number of aryl methyl sites for hydroxylation is 1. The van der Waals surface area contributed by atoms with Crippen LogP contribution >= 0.6 is 11.6 Å². The van der Waals surface area contributed by atoms with Crippen LogP contribution in [0.5, 0.6) is 5.88 Å². The van der Waals surface area contributed by atoms with Gasteiger partial charge in [0, 0.05) is 34.8 Å². The lowest BCUT2D eigenvalue weighted by Gasteiger charge is -2.10. The van der Waals surface area contributed by atoms with Crippen LogP contribution in [0.15, 0.2) is 81.9 Å². The molecule has 4 rings (SSSR count). The van der Waals surface area contributed by atoms with Gasteiger partial charge in [-0.3, -0.25) is 14.8 Å². The molecule has 0 radical (unpaired) electrons. The molecule has 1 heterocycles. The Hall–Kier alpha value is -3.96. The maximum atomic E-state index is 13.2. The first-order valence-electron chi connectivity index (χ1n) is 11.4. The fraction of sp³-hybridized carbons (Fsp3) is 0.200. The average Bonchev–Trinajstić information content (AvgIpc) is 3.12. The summed E-state index contributed by atoms with van der Waals surface area (Å²) in [7, 11) is -4.30. The van der Waals surface area contributed by atoms with Crippen molar-refractivity contribution in [2.24, 2.45) is 16.1 Å². The van der Waals surface area contributed by atoms with Crippen molar-refractivity contribution in [2.45, 2.75) is 31.7 Å². The van der Waals surface area contributed by atoms with Gasteiger partial charge in [-0.2, -0.15) is 0 Å². The number of azo groups is 1. The summed E-state index contributed by atoms with van der Waals surface area (Å²) in [4.78, 5) is 10.2. The molecule has 2 N–H and O–H groups in total. The van der Waals surface area contributed by atoms with Crippen molar-refractivity contribution in [3.8, 4) is 5.88 Å². The van der Waals surface area contributed by atoms with Gasteiger partial charge in [0.1, 0.15) is 10.6 Å². The van der Waals surface area contributed by atoms with Crippen molar-refractivity contribution >= 4 is 55.3 Å². The molecule has 0 aliphatic heterocycles. The van der Waals surface area contributed by atoms with Crippen molar-refractivity contribution in [1.29, 1.82) is 0 Å². The van der Waals surface area contributed by atoms with E-state index in [-0.39, 0.29) is 22.9 Å². The molecule has 0 spiro atoms. The highest BCUT2D eigenvalue weighted by Crippen LogP contribution is 2.40. The van der Waals surface area contributed by atoms with E-state index in [9.17, 15) is 23.6 Å². The van der Waals surface area contributed by atoms with E-state index in [1.54, 1.807) is 16.7 Å². The minimum Gasteiger partial charge on any atom is -0.493 e. The quantitative estimate of drug-likeness (QED) is 0.131. The number of non-ortho nitro benzene ring substituents is 1. The summed E-state index contributed by atoms with van der Waals surface area (Å²) in [6, 6.07) is 16.5. The Bertz CT molecular complexity index is 1600. The number of aromatic hydroxyl groups is 1. The van der Waals surface area contributed by atoms with Gasteiger partial charge < -0.3 is 9.67 Å². The molecule has 0 saturated heterocycles. The van der Waals surface area contributed by atoms with E-state index in [4.69, 9.17) is 11.6 Å². The van der Waals surface area contributed by atoms with Gasteiger partial charge in [0.15, 0.2) is 5.69 Å². The summed E-state index contributed by atoms with van der Waals surface area (Å²) in [6.45, 7) is 4.72. The topological polar surface area (TPSA) is 139 Å². The molecule has 0 amide bonds. The van der Waals surface area contributed by atoms with Gasteiger partial charge in [0.05, 0.1) is 10.4 Å². The van der Waals surface area contributed by atoms with Crippen molar-refractivity contribution < 1.29 is 18.4 Å². The van der Waals surface area contributed by atoms with Gasteiger partial charge in [0.25, 0.3) is 15.7 Å². The summed E-state index contributed by atoms with van der Waals surface area (Å²) in [6.07, 6.45) is 0.823. The number of rotatable bonds is 9. The Kier molecular flexibility index (Phi) is 7.46. The highest BCUT2D eigenvalue weighted by molar-refractivity contribution is 7.92. The Morgan fingerprint density at radius 3 is 2.46 bits per heavy atom. The van der Waals surface area contributed by atoms with Gasteiger partial charge in [-0.1, -0.05) is 43.6 Å². The molecular weight excluding hydrogens is 518 g/mol. The van der Waals surface area contributed by atoms with Gasteiger partial charge in [0.2, 0.25) is 5.88 Å². The number of sulfonamides is 1. The second-order valence-corrected chi connectivity index (χ2v) is 10.8. The molecule has 0 aliphatic rings. The van der Waals surface area contributed by atoms with Crippen molar-refractivity contribution in [3.05, 3.63) is 81.9 Å². The van der Waals surface area contributed by atoms with Crippen molar-refractivity contribution in [3.63, 3.8) is 0 Å². The normalized spacial score (nSPS) is 12.0. The molecule has 0 aliphatic carbocycles. The van der Waals surface area contributed by atoms with Gasteiger partial charge in [-0.25, -0.2) is 8.42 Å². The summed E-state index contributed by atoms with van der Waals surface area (Å²) >= 11 is 5.87. The number of aromatic nitrogens is 1. The first-order chi connectivity index (χ1) is 17.6. The molecule has 192 valence electrons. The number of anilines is 1. The number of para-hydroxylation sites is 1. The summed E-state index contributed by atoms with van der Waals surface area (Å²) < 4.78 is 30.5. The standard InChI is InChI=1S/C25H24ClN5O5S/c1-16(2)13-14-30-22-6-4-3-5-20(22)24(25(30)32)28-27-21-12-11-19(31(33)34)15-23(21)37(35,36)29-18-9-7-17(26)8-10-18/h3-12,15-16,29,32H,13-14H2,1-2H3. The smallest absolute Gasteiger partial charge is 0.270 e. The molecular formula is C25H24ClN5O5S. The van der Waals surface area contributed by atoms with Crippen molar-refractivity contribution in [1.82, 2.24) is 4.57 Å². The molecule has 10 nitrogen and oxygen atoms in total. The SMILES string of the molecule is CC(C)CCn1c(O)c(N=Nc2ccc([N+](=O)[O-])cc2S(=O)(=O)Nc2ccc(Cl)cc2)c2ccccc21. The molecule has 0 unspecified atom stereocenters. The summed E-state index contributed by atoms with van der Waals surface area (Å²) in [5.74, 6) is 0.308. The molecule has 1 aromatic heterocycles. The number of nitrogens with zero attached hydrogens (tertiary/aromatic N) is 4. The molecule has 0 saturated carbocycles. The zero-order valence-corrected chi connectivity index (χ0v) is 21.6. The molecule has 0 fully saturated rings. The number of nitro benzene ring substituents is 1. The highest BCUT2D eigenvalue weighted by Gasteiger charge is 2.24. The molecule has 37 heavy (non-hydrogen) atoms. The van der Waals surface area contributed by atoms with Crippen LogP contribution in [0.4, 0.5) is 22.7 Å². The lowest BCUT2D eigenvalue weighted by Crippen LogP contribution is -2.13. The van der Waals surface area contributed by atoms with Crippen LogP contribution in [-0.2, 0) is 16.6 Å². The van der Waals surface area contributed by atoms with E-state index in [2.05, 4.69) is 28.8 Å². The lowest BCUT2D eigenvalue weighted by molar-refractivity contribution is -0.385. The number of nitro groups is 1. The Balaban J connectivity index is 1.78. The van der Waals surface area contributed by atoms with Crippen LogP contribution in [0, 0.1) is 16.0 Å². The fourth-order valence-corrected chi connectivity index (χ4v) is 5.07. The van der Waals surface area contributed by atoms with E-state index in [0.717, 1.165) is 24.1 Å². The van der Waals surface area contributed by atoms with Crippen LogP contribution in [-0.4, -0.2) is 23.0 Å². The molecule has 4 aromatic rings. The molecule has 0 bridgehead atoms. The second-order valence-electron chi connectivity index (χ2n) is 8.75. The minimum atomic E-state index is -4.30. The van der Waals surface area contributed by atoms with E-state index in [1.807, 2.05) is 12.1 Å². The Morgan fingerprint density at radius 2 is 1.78 bits per heavy atom. The van der Waals surface area contributed by atoms with Gasteiger partial charge in [-0.05, 0) is 48.7 Å². The van der Waals surface area contributed by atoms with Crippen LogP contribution in [0.2, 0.25) is 5.02 Å². The van der Waals surface area contributed by atoms with Gasteiger partial charge in [-0.15, -0.1) is 10.2 Å². The lowest BCUT2D eigenvalue weighted by atomic mass is 10.1. The number of hydrogen-bond donors (Lipinski definition) is 2. The van der Waals surface area contributed by atoms with E-state index in [0.29, 0.717) is 22.9 Å². The third kappa shape index (κ3) is 5.73. The maximum Gasteiger partial charge on any atom is 0.270 e. The number of benzene rings is 3. The summed E-state index contributed by atoms with van der Waals surface area (Å²) in [5, 5.41) is 31.7. The second kappa shape index (κ2) is 10.6. The number of hydrogen-bond acceptors (Lipinski definition) is 7. The largest absolute Gasteiger partial charge is 0.493 e. The molecule has 3 aromatic carbocycles. The third-order valence-corrected chi connectivity index (χ3v) is 7.31. The van der Waals surface area contributed by atoms with E-state index >= 15 is 0 Å². The minimum absolute atomic E-state index is 0.101. The van der Waals surface area contributed by atoms with Crippen molar-refractivity contribution in [2.75, 3.05) is 4.72 Å². The predicted molar refractivity (Wildman–Crippen MR) is 143 cm³/mol. The first-order valence-corrected chi connectivity index (χ1v) is 13.2. The molecule has 12 heteroatoms. The van der Waals surface area contributed by atoms with E-state index < -0.39 is 25.5 Å². The first kappa shape index (κ1) is 26.1. The van der Waals surface area contributed by atoms with Crippen LogP contribution < -0.4 is 4.72 Å². The monoisotopic (exact) mass is 541 g/mol. The zero-order valence-electron chi connectivity index (χ0n) is 20.0. The number of nitrogens with one attached hydrogen (secondary N) is 1. The highest BCUT2D eigenvalue weighted by atomic mass is 35.5.